The number of pyridine rings is 1. The average molecular weight is 518 g/mol. The van der Waals surface area contributed by atoms with Gasteiger partial charge in [-0.15, -0.1) is 0 Å². The van der Waals surface area contributed by atoms with Crippen molar-refractivity contribution in [3.05, 3.63) is 76.3 Å². The number of halogens is 2. The molecule has 4 rings (SSSR count). The van der Waals surface area contributed by atoms with E-state index >= 15 is 0 Å². The van der Waals surface area contributed by atoms with Gasteiger partial charge in [0.2, 0.25) is 0 Å². The molecule has 0 saturated carbocycles. The summed E-state index contributed by atoms with van der Waals surface area (Å²) in [5.41, 5.74) is 1.30. The van der Waals surface area contributed by atoms with Crippen LogP contribution in [-0.2, 0) is 16.9 Å². The molecule has 0 bridgehead atoms. The Kier molecular flexibility index (Phi) is 6.85. The lowest BCUT2D eigenvalue weighted by Gasteiger charge is -2.19. The molecule has 0 radical (unpaired) electrons. The average Bonchev–Trinajstić information content (AvgIpc) is 3.06. The third-order valence-electron chi connectivity index (χ3n) is 5.79. The molecule has 0 aliphatic carbocycles. The molecule has 0 spiro atoms. The minimum absolute atomic E-state index is 0.171. The fourth-order valence-corrected chi connectivity index (χ4v) is 5.05. The summed E-state index contributed by atoms with van der Waals surface area (Å²) < 4.78 is 66.1. The highest BCUT2D eigenvalue weighted by Crippen LogP contribution is 2.32. The van der Waals surface area contributed by atoms with E-state index in [0.29, 0.717) is 34.6 Å². The molecular formula is C25H25F2N3O5S. The predicted molar refractivity (Wildman–Crippen MR) is 132 cm³/mol. The summed E-state index contributed by atoms with van der Waals surface area (Å²) in [5.74, 6) is -1.28. The van der Waals surface area contributed by atoms with Gasteiger partial charge in [-0.25, -0.2) is 27.0 Å². The van der Waals surface area contributed by atoms with E-state index in [1.165, 1.54) is 29.4 Å². The van der Waals surface area contributed by atoms with Gasteiger partial charge in [-0.05, 0) is 48.9 Å². The fraction of sp³-hybridized carbons (Fsp3) is 0.280. The summed E-state index contributed by atoms with van der Waals surface area (Å²) in [6.07, 6.45) is 1.08. The zero-order chi connectivity index (χ0) is 26.2. The monoisotopic (exact) mass is 517 g/mol. The molecule has 8 nitrogen and oxygen atoms in total. The SMILES string of the molecule is CCOc1nc([C@@H](CS(C)(=O)=O)n2c(=O)n(C)c3cc(-c4ccc(F)cc4F)ccc32)ccc1OC. The Hall–Kier alpha value is -3.73. The van der Waals surface area contributed by atoms with Gasteiger partial charge in [0, 0.05) is 24.9 Å². The molecule has 0 aliphatic heterocycles. The first-order valence-electron chi connectivity index (χ1n) is 11.1. The van der Waals surface area contributed by atoms with Crippen LogP contribution in [0.2, 0.25) is 0 Å². The number of imidazole rings is 1. The number of aryl methyl sites for hydroxylation is 1. The molecule has 1 atom stereocenters. The largest absolute Gasteiger partial charge is 0.491 e. The van der Waals surface area contributed by atoms with Crippen LogP contribution in [-0.4, -0.2) is 48.3 Å². The lowest BCUT2D eigenvalue weighted by Crippen LogP contribution is -2.31. The quantitative estimate of drug-likeness (QED) is 0.354. The summed E-state index contributed by atoms with van der Waals surface area (Å²) in [5, 5.41) is 0. The van der Waals surface area contributed by atoms with Gasteiger partial charge in [0.05, 0.1) is 42.2 Å². The molecule has 2 aromatic heterocycles. The van der Waals surface area contributed by atoms with E-state index in [4.69, 9.17) is 9.47 Å². The Morgan fingerprint density at radius 2 is 1.81 bits per heavy atom. The maximum Gasteiger partial charge on any atom is 0.329 e. The number of aromatic nitrogens is 3. The van der Waals surface area contributed by atoms with Crippen molar-refractivity contribution in [2.24, 2.45) is 7.05 Å². The molecule has 0 aliphatic rings. The van der Waals surface area contributed by atoms with Crippen LogP contribution in [0.25, 0.3) is 22.2 Å². The smallest absolute Gasteiger partial charge is 0.329 e. The standard InChI is InChI=1S/C25H25F2N3O5S/c1-5-35-24-23(34-3)11-9-19(28-24)22(14-36(4,32)33)30-20-10-6-15(12-21(20)29(2)25(30)31)17-8-7-16(26)13-18(17)27/h6-13,22H,5,14H2,1-4H3/t22-/m1/s1. The van der Waals surface area contributed by atoms with E-state index in [9.17, 15) is 22.0 Å². The van der Waals surface area contributed by atoms with Crippen LogP contribution in [0.15, 0.2) is 53.3 Å². The van der Waals surface area contributed by atoms with E-state index < -0.39 is 39.0 Å². The summed E-state index contributed by atoms with van der Waals surface area (Å²) in [7, 11) is -0.563. The van der Waals surface area contributed by atoms with Gasteiger partial charge in [-0.1, -0.05) is 6.07 Å². The van der Waals surface area contributed by atoms with Crippen LogP contribution >= 0.6 is 0 Å². The normalized spacial score (nSPS) is 12.6. The van der Waals surface area contributed by atoms with Gasteiger partial charge >= 0.3 is 5.69 Å². The second-order valence-corrected chi connectivity index (χ2v) is 10.5. The number of fused-ring (bicyclic) bond motifs is 1. The van der Waals surface area contributed by atoms with Crippen LogP contribution in [0.3, 0.4) is 0 Å². The van der Waals surface area contributed by atoms with E-state index in [1.54, 1.807) is 37.3 Å². The van der Waals surface area contributed by atoms with Gasteiger partial charge in [0.1, 0.15) is 21.5 Å². The minimum Gasteiger partial charge on any atom is -0.491 e. The Labute approximate surface area is 206 Å². The van der Waals surface area contributed by atoms with Gasteiger partial charge in [0.15, 0.2) is 5.75 Å². The van der Waals surface area contributed by atoms with E-state index in [1.807, 2.05) is 0 Å². The summed E-state index contributed by atoms with van der Waals surface area (Å²) in [4.78, 5) is 17.9. The van der Waals surface area contributed by atoms with Crippen molar-refractivity contribution in [3.8, 4) is 22.8 Å². The van der Waals surface area contributed by atoms with Crippen molar-refractivity contribution in [2.75, 3.05) is 25.7 Å². The van der Waals surface area contributed by atoms with Crippen LogP contribution in [0, 0.1) is 11.6 Å². The molecule has 190 valence electrons. The van der Waals surface area contributed by atoms with E-state index in [-0.39, 0.29) is 11.4 Å². The lowest BCUT2D eigenvalue weighted by atomic mass is 10.0. The Bertz CT molecular complexity index is 1610. The Morgan fingerprint density at radius 3 is 2.44 bits per heavy atom. The molecule has 2 heterocycles. The molecule has 0 saturated heterocycles. The molecule has 0 N–H and O–H groups in total. The van der Waals surface area contributed by atoms with Crippen molar-refractivity contribution in [2.45, 2.75) is 13.0 Å². The molecule has 36 heavy (non-hydrogen) atoms. The number of benzene rings is 2. The maximum atomic E-state index is 14.4. The molecule has 2 aromatic carbocycles. The summed E-state index contributed by atoms with van der Waals surface area (Å²) >= 11 is 0. The second-order valence-electron chi connectivity index (χ2n) is 8.32. The first-order chi connectivity index (χ1) is 17.0. The zero-order valence-corrected chi connectivity index (χ0v) is 21.0. The van der Waals surface area contributed by atoms with Crippen molar-refractivity contribution < 1.29 is 26.7 Å². The molecule has 0 fully saturated rings. The van der Waals surface area contributed by atoms with E-state index in [0.717, 1.165) is 18.4 Å². The number of sulfone groups is 1. The highest BCUT2D eigenvalue weighted by Gasteiger charge is 2.27. The predicted octanol–water partition coefficient (Wildman–Crippen LogP) is 3.72. The fourth-order valence-electron chi connectivity index (χ4n) is 4.16. The molecule has 4 aromatic rings. The number of ether oxygens (including phenoxy) is 2. The minimum atomic E-state index is -3.56. The van der Waals surface area contributed by atoms with Gasteiger partial charge in [-0.2, -0.15) is 0 Å². The third kappa shape index (κ3) is 4.83. The van der Waals surface area contributed by atoms with Crippen LogP contribution < -0.4 is 15.2 Å². The van der Waals surface area contributed by atoms with Crippen molar-refractivity contribution in [1.29, 1.82) is 0 Å². The van der Waals surface area contributed by atoms with Gasteiger partial charge < -0.3 is 9.47 Å². The maximum absolute atomic E-state index is 14.4. The molecule has 11 heteroatoms. The number of hydrogen-bond donors (Lipinski definition) is 0. The Morgan fingerprint density at radius 1 is 1.06 bits per heavy atom. The molecule has 0 amide bonds. The number of nitrogens with zero attached hydrogens (tertiary/aromatic N) is 3. The van der Waals surface area contributed by atoms with Crippen molar-refractivity contribution in [3.63, 3.8) is 0 Å². The van der Waals surface area contributed by atoms with Gasteiger partial charge in [-0.3, -0.25) is 9.13 Å². The van der Waals surface area contributed by atoms with Crippen LogP contribution in [0.4, 0.5) is 8.78 Å². The zero-order valence-electron chi connectivity index (χ0n) is 20.2. The van der Waals surface area contributed by atoms with Crippen molar-refractivity contribution in [1.82, 2.24) is 14.1 Å². The second kappa shape index (κ2) is 9.73. The first kappa shape index (κ1) is 25.4. The highest BCUT2D eigenvalue weighted by atomic mass is 32.2. The van der Waals surface area contributed by atoms with E-state index in [2.05, 4.69) is 4.98 Å². The van der Waals surface area contributed by atoms with Crippen LogP contribution in [0.5, 0.6) is 11.6 Å². The first-order valence-corrected chi connectivity index (χ1v) is 13.1. The van der Waals surface area contributed by atoms with Gasteiger partial charge in [0.25, 0.3) is 5.88 Å². The molecule has 0 unspecified atom stereocenters. The molecular weight excluding hydrogens is 492 g/mol. The lowest BCUT2D eigenvalue weighted by molar-refractivity contribution is 0.296. The third-order valence-corrected chi connectivity index (χ3v) is 6.71. The number of rotatable bonds is 8. The topological polar surface area (TPSA) is 92.4 Å². The number of hydrogen-bond acceptors (Lipinski definition) is 6. The number of methoxy groups -OCH3 is 1. The highest BCUT2D eigenvalue weighted by molar-refractivity contribution is 7.90. The Balaban J connectivity index is 1.93. The van der Waals surface area contributed by atoms with Crippen LogP contribution in [0.1, 0.15) is 18.7 Å². The van der Waals surface area contributed by atoms with Crippen molar-refractivity contribution >= 4 is 20.9 Å². The summed E-state index contributed by atoms with van der Waals surface area (Å²) in [6.45, 7) is 2.08. The summed E-state index contributed by atoms with van der Waals surface area (Å²) in [6, 6.07) is 10.3.